The van der Waals surface area contributed by atoms with Crippen molar-refractivity contribution in [3.05, 3.63) is 35.9 Å². The van der Waals surface area contributed by atoms with Crippen LogP contribution in [0.15, 0.2) is 30.3 Å². The molecule has 19 heavy (non-hydrogen) atoms. The molecule has 0 aliphatic heterocycles. The van der Waals surface area contributed by atoms with Gasteiger partial charge in [-0.15, -0.1) is 0 Å². The van der Waals surface area contributed by atoms with Gasteiger partial charge in [0.15, 0.2) is 0 Å². The summed E-state index contributed by atoms with van der Waals surface area (Å²) in [7, 11) is 0. The van der Waals surface area contributed by atoms with Crippen molar-refractivity contribution in [1.82, 2.24) is 5.32 Å². The molecular weight excluding hydrogens is 242 g/mol. The van der Waals surface area contributed by atoms with Gasteiger partial charge in [-0.2, -0.15) is 0 Å². The summed E-state index contributed by atoms with van der Waals surface area (Å²) in [5, 5.41) is 12.1. The molecule has 2 rings (SSSR count). The maximum Gasteiger partial charge on any atom is 0.319 e. The van der Waals surface area contributed by atoms with E-state index in [1.165, 1.54) is 0 Å². The number of nitrogens with one attached hydrogen (secondary N) is 1. The number of aliphatic carboxylic acids is 1. The molecule has 4 heteroatoms. The normalized spacial score (nSPS) is 18.2. The second kappa shape index (κ2) is 5.43. The molecule has 0 radical (unpaired) electrons. The zero-order valence-electron chi connectivity index (χ0n) is 11.1. The van der Waals surface area contributed by atoms with E-state index in [-0.39, 0.29) is 11.9 Å². The van der Waals surface area contributed by atoms with Gasteiger partial charge in [-0.3, -0.25) is 9.59 Å². The molecule has 1 fully saturated rings. The predicted molar refractivity (Wildman–Crippen MR) is 71.5 cm³/mol. The first-order valence-electron chi connectivity index (χ1n) is 6.69. The van der Waals surface area contributed by atoms with Crippen LogP contribution in [0.4, 0.5) is 0 Å². The first-order valence-corrected chi connectivity index (χ1v) is 6.69. The van der Waals surface area contributed by atoms with Gasteiger partial charge in [0.2, 0.25) is 5.91 Å². The smallest absolute Gasteiger partial charge is 0.319 e. The molecule has 0 aromatic heterocycles. The van der Waals surface area contributed by atoms with Crippen LogP contribution in [0.5, 0.6) is 0 Å². The average molecular weight is 261 g/mol. The lowest BCUT2D eigenvalue weighted by Gasteiger charge is -2.37. The Bertz CT molecular complexity index is 466. The summed E-state index contributed by atoms with van der Waals surface area (Å²) in [6, 6.07) is 9.53. The first kappa shape index (κ1) is 13.6. The van der Waals surface area contributed by atoms with Gasteiger partial charge in [0, 0.05) is 0 Å². The van der Waals surface area contributed by atoms with E-state index in [9.17, 15) is 14.7 Å². The Balaban J connectivity index is 2.11. The van der Waals surface area contributed by atoms with E-state index in [1.807, 2.05) is 37.3 Å². The average Bonchev–Trinajstić information content (AvgIpc) is 2.35. The molecular formula is C15H19NO3. The fourth-order valence-corrected chi connectivity index (χ4v) is 2.47. The molecule has 1 unspecified atom stereocenters. The van der Waals surface area contributed by atoms with Crippen LogP contribution in [0.3, 0.4) is 0 Å². The number of rotatable bonds is 5. The first-order chi connectivity index (χ1) is 9.10. The molecule has 1 aromatic rings. The van der Waals surface area contributed by atoms with E-state index >= 15 is 0 Å². The molecule has 102 valence electrons. The molecule has 0 bridgehead atoms. The molecule has 4 nitrogen and oxygen atoms in total. The van der Waals surface area contributed by atoms with Gasteiger partial charge in [0.05, 0.1) is 6.04 Å². The Morgan fingerprint density at radius 1 is 1.32 bits per heavy atom. The third-order valence-corrected chi connectivity index (χ3v) is 3.97. The maximum absolute atomic E-state index is 12.2. The molecule has 1 aliphatic carbocycles. The highest BCUT2D eigenvalue weighted by Gasteiger charge is 2.51. The Morgan fingerprint density at radius 3 is 2.37 bits per heavy atom. The van der Waals surface area contributed by atoms with Crippen molar-refractivity contribution in [2.75, 3.05) is 0 Å². The molecule has 1 amide bonds. The zero-order chi connectivity index (χ0) is 13.9. The van der Waals surface area contributed by atoms with E-state index in [2.05, 4.69) is 5.32 Å². The second-order valence-electron chi connectivity index (χ2n) is 5.09. The highest BCUT2D eigenvalue weighted by atomic mass is 16.4. The van der Waals surface area contributed by atoms with Crippen LogP contribution >= 0.6 is 0 Å². The Kier molecular flexibility index (Phi) is 3.88. The van der Waals surface area contributed by atoms with E-state index in [4.69, 9.17) is 0 Å². The van der Waals surface area contributed by atoms with E-state index in [1.54, 1.807) is 0 Å². The second-order valence-corrected chi connectivity index (χ2v) is 5.09. The van der Waals surface area contributed by atoms with Crippen molar-refractivity contribution < 1.29 is 14.7 Å². The lowest BCUT2D eigenvalue weighted by atomic mass is 9.68. The lowest BCUT2D eigenvalue weighted by molar-refractivity contribution is -0.162. The number of carboxylic acids is 1. The van der Waals surface area contributed by atoms with Crippen LogP contribution in [0, 0.1) is 5.41 Å². The SMILES string of the molecule is CCC(NC(=O)C1(C(=O)O)CCC1)c1ccccc1. The molecule has 0 saturated heterocycles. The van der Waals surface area contributed by atoms with E-state index in [0.29, 0.717) is 12.8 Å². The number of hydrogen-bond donors (Lipinski definition) is 2. The Morgan fingerprint density at radius 2 is 1.95 bits per heavy atom. The minimum absolute atomic E-state index is 0.120. The van der Waals surface area contributed by atoms with Crippen LogP contribution in [-0.2, 0) is 9.59 Å². The van der Waals surface area contributed by atoms with Crippen LogP contribution in [0.2, 0.25) is 0 Å². The largest absolute Gasteiger partial charge is 0.480 e. The molecule has 1 saturated carbocycles. The number of amides is 1. The van der Waals surface area contributed by atoms with Crippen LogP contribution in [0.1, 0.15) is 44.2 Å². The van der Waals surface area contributed by atoms with Crippen LogP contribution in [-0.4, -0.2) is 17.0 Å². The lowest BCUT2D eigenvalue weighted by Crippen LogP contribution is -2.51. The number of carbonyl (C=O) groups is 2. The molecule has 1 atom stereocenters. The molecule has 2 N–H and O–H groups in total. The molecule has 1 aromatic carbocycles. The van der Waals surface area contributed by atoms with Gasteiger partial charge in [-0.05, 0) is 24.8 Å². The Labute approximate surface area is 112 Å². The zero-order valence-corrected chi connectivity index (χ0v) is 11.1. The predicted octanol–water partition coefficient (Wildman–Crippen LogP) is 2.51. The number of carbonyl (C=O) groups excluding carboxylic acids is 1. The van der Waals surface area contributed by atoms with Gasteiger partial charge in [0.25, 0.3) is 0 Å². The summed E-state index contributed by atoms with van der Waals surface area (Å²) in [5.74, 6) is -1.35. The number of benzene rings is 1. The van der Waals surface area contributed by atoms with Crippen LogP contribution < -0.4 is 5.32 Å². The van der Waals surface area contributed by atoms with Crippen molar-refractivity contribution in [3.8, 4) is 0 Å². The fourth-order valence-electron chi connectivity index (χ4n) is 2.47. The number of hydrogen-bond acceptors (Lipinski definition) is 2. The van der Waals surface area contributed by atoms with Gasteiger partial charge in [-0.1, -0.05) is 43.7 Å². The molecule has 0 spiro atoms. The third kappa shape index (κ3) is 2.48. The minimum Gasteiger partial charge on any atom is -0.480 e. The van der Waals surface area contributed by atoms with Gasteiger partial charge in [-0.25, -0.2) is 0 Å². The van der Waals surface area contributed by atoms with E-state index < -0.39 is 11.4 Å². The summed E-state index contributed by atoms with van der Waals surface area (Å²) >= 11 is 0. The maximum atomic E-state index is 12.2. The van der Waals surface area contributed by atoms with E-state index in [0.717, 1.165) is 18.4 Å². The summed E-state index contributed by atoms with van der Waals surface area (Å²) in [6.45, 7) is 1.98. The van der Waals surface area contributed by atoms with Crippen LogP contribution in [0.25, 0.3) is 0 Å². The highest BCUT2D eigenvalue weighted by molar-refractivity contribution is 6.02. The minimum atomic E-state index is -1.19. The van der Waals surface area contributed by atoms with Crippen molar-refractivity contribution in [2.45, 2.75) is 38.6 Å². The van der Waals surface area contributed by atoms with Crippen molar-refractivity contribution >= 4 is 11.9 Å². The van der Waals surface area contributed by atoms with Gasteiger partial charge >= 0.3 is 5.97 Å². The summed E-state index contributed by atoms with van der Waals surface area (Å²) in [4.78, 5) is 23.5. The summed E-state index contributed by atoms with van der Waals surface area (Å²) in [5.41, 5.74) is -0.180. The summed E-state index contributed by atoms with van der Waals surface area (Å²) < 4.78 is 0. The van der Waals surface area contributed by atoms with Crippen molar-refractivity contribution in [3.63, 3.8) is 0 Å². The van der Waals surface area contributed by atoms with Crippen molar-refractivity contribution in [1.29, 1.82) is 0 Å². The quantitative estimate of drug-likeness (QED) is 0.800. The standard InChI is InChI=1S/C15H19NO3/c1-2-12(11-7-4-3-5-8-11)16-13(17)15(14(18)19)9-6-10-15/h3-5,7-8,12H,2,6,9-10H2,1H3,(H,16,17)(H,18,19). The topological polar surface area (TPSA) is 66.4 Å². The Hall–Kier alpha value is -1.84. The monoisotopic (exact) mass is 261 g/mol. The van der Waals surface area contributed by atoms with Gasteiger partial charge < -0.3 is 10.4 Å². The third-order valence-electron chi connectivity index (χ3n) is 3.97. The molecule has 0 heterocycles. The van der Waals surface area contributed by atoms with Crippen molar-refractivity contribution in [2.24, 2.45) is 5.41 Å². The number of carboxylic acid groups (broad SMARTS) is 1. The molecule has 1 aliphatic rings. The summed E-state index contributed by atoms with van der Waals surface area (Å²) in [6.07, 6.45) is 2.44. The van der Waals surface area contributed by atoms with Gasteiger partial charge in [0.1, 0.15) is 5.41 Å². The fraction of sp³-hybridized carbons (Fsp3) is 0.467. The highest BCUT2D eigenvalue weighted by Crippen LogP contribution is 2.42.